The third-order valence-corrected chi connectivity index (χ3v) is 5.44. The van der Waals surface area contributed by atoms with Gasteiger partial charge in [-0.3, -0.25) is 9.36 Å². The Hall–Kier alpha value is -3.55. The van der Waals surface area contributed by atoms with E-state index in [1.807, 2.05) is 6.07 Å². The fraction of sp³-hybridized carbons (Fsp3) is 0.227. The normalized spacial score (nSPS) is 13.8. The highest BCUT2D eigenvalue weighted by molar-refractivity contribution is 5.72. The van der Waals surface area contributed by atoms with Crippen LogP contribution in [0.15, 0.2) is 64.4 Å². The highest BCUT2D eigenvalue weighted by Crippen LogP contribution is 2.30. The van der Waals surface area contributed by atoms with E-state index in [4.69, 9.17) is 0 Å². The van der Waals surface area contributed by atoms with Gasteiger partial charge >= 0.3 is 5.69 Å². The molecule has 0 N–H and O–H groups in total. The van der Waals surface area contributed by atoms with Gasteiger partial charge in [-0.25, -0.2) is 23.1 Å². The van der Waals surface area contributed by atoms with E-state index < -0.39 is 22.9 Å². The average molecular weight is 408 g/mol. The predicted molar refractivity (Wildman–Crippen MR) is 108 cm³/mol. The van der Waals surface area contributed by atoms with Gasteiger partial charge in [0, 0.05) is 12.1 Å². The molecule has 5 rings (SSSR count). The summed E-state index contributed by atoms with van der Waals surface area (Å²) in [5.74, 6) is -1.12. The first kappa shape index (κ1) is 18.5. The van der Waals surface area contributed by atoms with E-state index in [0.29, 0.717) is 12.2 Å². The lowest BCUT2D eigenvalue weighted by Crippen LogP contribution is -2.40. The van der Waals surface area contributed by atoms with Crippen LogP contribution in [0.2, 0.25) is 0 Å². The van der Waals surface area contributed by atoms with E-state index in [9.17, 15) is 18.4 Å². The van der Waals surface area contributed by atoms with Crippen molar-refractivity contribution >= 4 is 11.2 Å². The summed E-state index contributed by atoms with van der Waals surface area (Å²) in [5.41, 5.74) is -0.250. The lowest BCUT2D eigenvalue weighted by molar-refractivity contribution is 0.544. The first-order chi connectivity index (χ1) is 14.5. The van der Waals surface area contributed by atoms with Gasteiger partial charge in [0.15, 0.2) is 11.2 Å². The Kier molecular flexibility index (Phi) is 4.34. The number of aromatic nitrogens is 4. The summed E-state index contributed by atoms with van der Waals surface area (Å²) in [7, 11) is 0. The molecule has 8 heteroatoms. The van der Waals surface area contributed by atoms with Gasteiger partial charge in [0.05, 0.1) is 18.6 Å². The Morgan fingerprint density at radius 1 is 0.967 bits per heavy atom. The highest BCUT2D eigenvalue weighted by Gasteiger charge is 2.26. The first-order valence-corrected chi connectivity index (χ1v) is 9.73. The van der Waals surface area contributed by atoms with Gasteiger partial charge in [-0.2, -0.15) is 0 Å². The third-order valence-electron chi connectivity index (χ3n) is 5.44. The van der Waals surface area contributed by atoms with Crippen LogP contribution in [0.5, 0.6) is 0 Å². The molecule has 0 amide bonds. The fourth-order valence-corrected chi connectivity index (χ4v) is 3.68. The number of hydrogen-bond donors (Lipinski definition) is 0. The van der Waals surface area contributed by atoms with Gasteiger partial charge in [-0.1, -0.05) is 24.3 Å². The largest absolute Gasteiger partial charge is 0.337 e. The SMILES string of the molecule is O=c1c2c(ncn2Cc2c(F)cccc2F)n(-c2ccccc2)c(=O)n1CC1CC1. The number of benzene rings is 2. The Labute approximate surface area is 169 Å². The van der Waals surface area contributed by atoms with Crippen LogP contribution in [0.4, 0.5) is 8.78 Å². The number of hydrogen-bond acceptors (Lipinski definition) is 3. The molecule has 1 fully saturated rings. The molecule has 1 aliphatic rings. The van der Waals surface area contributed by atoms with Crippen molar-refractivity contribution in [3.63, 3.8) is 0 Å². The van der Waals surface area contributed by atoms with Crippen LogP contribution in [0.3, 0.4) is 0 Å². The standard InChI is InChI=1S/C22H18F2N4O2/c23-17-7-4-8-18(24)16(17)12-26-13-25-20-19(26)21(29)27(11-14-9-10-14)22(30)28(20)15-5-2-1-3-6-15/h1-8,13-14H,9-12H2. The summed E-state index contributed by atoms with van der Waals surface area (Å²) in [4.78, 5) is 30.7. The topological polar surface area (TPSA) is 61.8 Å². The number of rotatable bonds is 5. The van der Waals surface area contributed by atoms with Gasteiger partial charge in [0.1, 0.15) is 11.6 Å². The molecule has 0 unspecified atom stereocenters. The van der Waals surface area contributed by atoms with E-state index in [0.717, 1.165) is 12.8 Å². The zero-order valence-corrected chi connectivity index (χ0v) is 16.0. The number of imidazole rings is 1. The minimum atomic E-state index is -0.702. The van der Waals surface area contributed by atoms with Crippen molar-refractivity contribution < 1.29 is 8.78 Å². The number of fused-ring (bicyclic) bond motifs is 1. The number of halogens is 2. The molecule has 2 aromatic heterocycles. The van der Waals surface area contributed by atoms with E-state index in [-0.39, 0.29) is 29.2 Å². The summed E-state index contributed by atoms with van der Waals surface area (Å²) in [6.07, 6.45) is 3.28. The maximum Gasteiger partial charge on any atom is 0.337 e. The molecule has 4 aromatic rings. The van der Waals surface area contributed by atoms with Crippen LogP contribution in [-0.2, 0) is 13.1 Å². The Morgan fingerprint density at radius 2 is 1.67 bits per heavy atom. The molecule has 0 spiro atoms. The van der Waals surface area contributed by atoms with Crippen LogP contribution in [0.1, 0.15) is 18.4 Å². The summed E-state index contributed by atoms with van der Waals surface area (Å²) in [5, 5.41) is 0. The van der Waals surface area contributed by atoms with E-state index >= 15 is 0 Å². The van der Waals surface area contributed by atoms with Crippen molar-refractivity contribution in [1.82, 2.24) is 18.7 Å². The van der Waals surface area contributed by atoms with Crippen molar-refractivity contribution in [3.05, 3.63) is 92.9 Å². The molecule has 0 bridgehead atoms. The minimum absolute atomic E-state index is 0.141. The van der Waals surface area contributed by atoms with Crippen LogP contribution < -0.4 is 11.2 Å². The van der Waals surface area contributed by atoms with Gasteiger partial charge in [-0.05, 0) is 43.0 Å². The Morgan fingerprint density at radius 3 is 2.33 bits per heavy atom. The van der Waals surface area contributed by atoms with E-state index in [2.05, 4.69) is 4.98 Å². The number of nitrogens with zero attached hydrogens (tertiary/aromatic N) is 4. The average Bonchev–Trinajstić information content (AvgIpc) is 3.47. The quantitative estimate of drug-likeness (QED) is 0.510. The van der Waals surface area contributed by atoms with Crippen molar-refractivity contribution in [1.29, 1.82) is 0 Å². The molecule has 1 saturated carbocycles. The first-order valence-electron chi connectivity index (χ1n) is 9.73. The smallest absolute Gasteiger partial charge is 0.320 e. The molecule has 152 valence electrons. The molecule has 0 saturated heterocycles. The fourth-order valence-electron chi connectivity index (χ4n) is 3.68. The molecule has 30 heavy (non-hydrogen) atoms. The van der Waals surface area contributed by atoms with Crippen molar-refractivity contribution in [3.8, 4) is 5.69 Å². The molecule has 0 aliphatic heterocycles. The summed E-state index contributed by atoms with van der Waals surface area (Å²) >= 11 is 0. The lowest BCUT2D eigenvalue weighted by Gasteiger charge is -2.13. The Balaban J connectivity index is 1.77. The molecule has 2 heterocycles. The van der Waals surface area contributed by atoms with Gasteiger partial charge in [-0.15, -0.1) is 0 Å². The maximum absolute atomic E-state index is 14.2. The summed E-state index contributed by atoms with van der Waals surface area (Å²) < 4.78 is 32.4. The van der Waals surface area contributed by atoms with Crippen molar-refractivity contribution in [2.45, 2.75) is 25.9 Å². The van der Waals surface area contributed by atoms with Crippen LogP contribution >= 0.6 is 0 Å². The van der Waals surface area contributed by atoms with Crippen LogP contribution in [-0.4, -0.2) is 18.7 Å². The van der Waals surface area contributed by atoms with Crippen molar-refractivity contribution in [2.75, 3.05) is 0 Å². The molecule has 0 radical (unpaired) electrons. The molecule has 1 aliphatic carbocycles. The van der Waals surface area contributed by atoms with E-state index in [1.54, 1.807) is 24.3 Å². The predicted octanol–water partition coefficient (Wildman–Crippen LogP) is 3.09. The Bertz CT molecular complexity index is 1350. The van der Waals surface area contributed by atoms with Crippen LogP contribution in [0, 0.1) is 17.6 Å². The second-order valence-electron chi connectivity index (χ2n) is 7.56. The summed E-state index contributed by atoms with van der Waals surface area (Å²) in [6, 6.07) is 12.5. The van der Waals surface area contributed by atoms with E-state index in [1.165, 1.54) is 38.2 Å². The molecule has 0 atom stereocenters. The van der Waals surface area contributed by atoms with Gasteiger partial charge in [0.25, 0.3) is 5.56 Å². The second-order valence-corrected chi connectivity index (χ2v) is 7.56. The van der Waals surface area contributed by atoms with Crippen molar-refractivity contribution in [2.24, 2.45) is 5.92 Å². The molecular formula is C22H18F2N4O2. The second kappa shape index (κ2) is 7.05. The third kappa shape index (κ3) is 3.04. The molecule has 6 nitrogen and oxygen atoms in total. The molecule has 2 aromatic carbocycles. The highest BCUT2D eigenvalue weighted by atomic mass is 19.1. The van der Waals surface area contributed by atoms with Gasteiger partial charge < -0.3 is 4.57 Å². The number of para-hydroxylation sites is 1. The molecular weight excluding hydrogens is 390 g/mol. The maximum atomic E-state index is 14.2. The van der Waals surface area contributed by atoms with Gasteiger partial charge in [0.2, 0.25) is 0 Å². The zero-order chi connectivity index (χ0) is 20.8. The minimum Gasteiger partial charge on any atom is -0.320 e. The lowest BCUT2D eigenvalue weighted by atomic mass is 10.2. The zero-order valence-electron chi connectivity index (χ0n) is 16.0. The monoisotopic (exact) mass is 408 g/mol. The summed E-state index contributed by atoms with van der Waals surface area (Å²) in [6.45, 7) is 0.111. The van der Waals surface area contributed by atoms with Crippen LogP contribution in [0.25, 0.3) is 16.9 Å².